The number of nitrogens with one attached hydrogen (secondary N) is 1. The fraction of sp³-hybridized carbons (Fsp3) is 0.846. The van der Waals surface area contributed by atoms with Crippen LogP contribution in [0.1, 0.15) is 38.5 Å². The highest BCUT2D eigenvalue weighted by Gasteiger charge is 2.34. The quantitative estimate of drug-likeness (QED) is 0.774. The van der Waals surface area contributed by atoms with Crippen LogP contribution in [0, 0.1) is 11.8 Å². The van der Waals surface area contributed by atoms with Crippen molar-refractivity contribution in [2.24, 2.45) is 11.8 Å². The highest BCUT2D eigenvalue weighted by atomic mass is 32.2. The maximum atomic E-state index is 11.9. The van der Waals surface area contributed by atoms with Gasteiger partial charge in [0, 0.05) is 12.5 Å². The third-order valence-electron chi connectivity index (χ3n) is 3.75. The second kappa shape index (κ2) is 6.45. The summed E-state index contributed by atoms with van der Waals surface area (Å²) in [6, 6.07) is -0.145. The van der Waals surface area contributed by atoms with Gasteiger partial charge in [-0.05, 0) is 49.0 Å². The smallest absolute Gasteiger partial charge is 0.305 e. The molecule has 4 nitrogen and oxygen atoms in total. The Morgan fingerprint density at radius 2 is 1.89 bits per heavy atom. The molecule has 5 heteroatoms. The first-order valence-corrected chi connectivity index (χ1v) is 7.89. The van der Waals surface area contributed by atoms with Gasteiger partial charge < -0.3 is 10.4 Å². The van der Waals surface area contributed by atoms with E-state index in [1.54, 1.807) is 0 Å². The Morgan fingerprint density at radius 3 is 2.44 bits per heavy atom. The third kappa shape index (κ3) is 4.52. The van der Waals surface area contributed by atoms with Crippen molar-refractivity contribution in [3.63, 3.8) is 0 Å². The van der Waals surface area contributed by atoms with Crippen molar-refractivity contribution in [3.8, 4) is 0 Å². The Balaban J connectivity index is 1.75. The van der Waals surface area contributed by atoms with Crippen LogP contribution in [-0.2, 0) is 9.59 Å². The number of carboxylic acids is 1. The van der Waals surface area contributed by atoms with Gasteiger partial charge >= 0.3 is 5.97 Å². The van der Waals surface area contributed by atoms with E-state index < -0.39 is 5.97 Å². The maximum absolute atomic E-state index is 11.9. The van der Waals surface area contributed by atoms with E-state index in [9.17, 15) is 9.59 Å². The molecule has 18 heavy (non-hydrogen) atoms. The monoisotopic (exact) mass is 271 g/mol. The average molecular weight is 271 g/mol. The van der Waals surface area contributed by atoms with Crippen molar-refractivity contribution in [1.82, 2.24) is 5.32 Å². The lowest BCUT2D eigenvalue weighted by atomic mass is 9.98. The highest BCUT2D eigenvalue weighted by molar-refractivity contribution is 7.99. The zero-order valence-electron chi connectivity index (χ0n) is 10.6. The summed E-state index contributed by atoms with van der Waals surface area (Å²) in [7, 11) is 0. The molecule has 0 aromatic rings. The number of carboxylic acid groups (broad SMARTS) is 1. The number of carbonyl (C=O) groups excluding carboxylic acids is 1. The van der Waals surface area contributed by atoms with E-state index >= 15 is 0 Å². The molecule has 2 rings (SSSR count). The fourth-order valence-electron chi connectivity index (χ4n) is 2.50. The summed E-state index contributed by atoms with van der Waals surface area (Å²) in [5.41, 5.74) is 0. The second-order valence-electron chi connectivity index (χ2n) is 5.37. The normalized spacial score (nSPS) is 22.4. The Kier molecular flexibility index (Phi) is 4.92. The van der Waals surface area contributed by atoms with E-state index in [-0.39, 0.29) is 18.4 Å². The second-order valence-corrected chi connectivity index (χ2v) is 6.59. The minimum atomic E-state index is -0.818. The van der Waals surface area contributed by atoms with Gasteiger partial charge in [0.2, 0.25) is 5.91 Å². The summed E-state index contributed by atoms with van der Waals surface area (Å²) in [6.45, 7) is 0. The number of hydrogen-bond donors (Lipinski definition) is 2. The average Bonchev–Trinajstić information content (AvgIpc) is 3.12. The number of aliphatic carboxylic acids is 1. The zero-order valence-corrected chi connectivity index (χ0v) is 11.4. The molecule has 1 aliphatic heterocycles. The fourth-order valence-corrected chi connectivity index (χ4v) is 3.70. The Labute approximate surface area is 112 Å². The standard InChI is InChI=1S/C13H21NO3S/c15-12(7-9-3-5-18-6-4-9)14-11(8-13(16)17)10-1-2-10/h9-11H,1-8H2,(H,14,15)(H,16,17). The molecule has 1 atom stereocenters. The van der Waals surface area contributed by atoms with Crippen molar-refractivity contribution in [2.45, 2.75) is 44.6 Å². The van der Waals surface area contributed by atoms with Gasteiger partial charge in [0.05, 0.1) is 6.42 Å². The summed E-state index contributed by atoms with van der Waals surface area (Å²) in [5.74, 6) is 2.42. The van der Waals surface area contributed by atoms with Crippen LogP contribution >= 0.6 is 11.8 Å². The molecule has 2 aliphatic rings. The van der Waals surface area contributed by atoms with Gasteiger partial charge in [0.15, 0.2) is 0 Å². The largest absolute Gasteiger partial charge is 0.481 e. The van der Waals surface area contributed by atoms with Crippen molar-refractivity contribution >= 4 is 23.6 Å². The van der Waals surface area contributed by atoms with Gasteiger partial charge in [-0.15, -0.1) is 0 Å². The van der Waals surface area contributed by atoms with Gasteiger partial charge in [-0.2, -0.15) is 11.8 Å². The molecule has 0 aromatic carbocycles. The van der Waals surface area contributed by atoms with E-state index in [4.69, 9.17) is 5.11 Å². The molecule has 1 heterocycles. The van der Waals surface area contributed by atoms with E-state index in [2.05, 4.69) is 5.32 Å². The van der Waals surface area contributed by atoms with E-state index in [0.717, 1.165) is 37.2 Å². The molecule has 2 N–H and O–H groups in total. The molecule has 2 fully saturated rings. The summed E-state index contributed by atoms with van der Waals surface area (Å²) >= 11 is 1.95. The molecule has 0 aromatic heterocycles. The zero-order chi connectivity index (χ0) is 13.0. The first kappa shape index (κ1) is 13.7. The molecule has 1 aliphatic carbocycles. The van der Waals surface area contributed by atoms with Crippen LogP contribution < -0.4 is 5.32 Å². The number of rotatable bonds is 6. The van der Waals surface area contributed by atoms with Crippen LogP contribution in [0.4, 0.5) is 0 Å². The third-order valence-corrected chi connectivity index (χ3v) is 4.80. The minimum absolute atomic E-state index is 0.0463. The number of hydrogen-bond acceptors (Lipinski definition) is 3. The maximum Gasteiger partial charge on any atom is 0.305 e. The lowest BCUT2D eigenvalue weighted by Gasteiger charge is -2.22. The van der Waals surface area contributed by atoms with Crippen LogP contribution in [0.15, 0.2) is 0 Å². The van der Waals surface area contributed by atoms with E-state index in [1.165, 1.54) is 0 Å². The number of thioether (sulfide) groups is 1. The van der Waals surface area contributed by atoms with Crippen LogP contribution in [0.3, 0.4) is 0 Å². The molecular formula is C13H21NO3S. The first-order valence-electron chi connectivity index (χ1n) is 6.74. The Hall–Kier alpha value is -0.710. The van der Waals surface area contributed by atoms with Gasteiger partial charge in [0.1, 0.15) is 0 Å². The lowest BCUT2D eigenvalue weighted by Crippen LogP contribution is -2.39. The molecule has 1 saturated carbocycles. The lowest BCUT2D eigenvalue weighted by molar-refractivity contribution is -0.137. The summed E-state index contributed by atoms with van der Waals surface area (Å²) in [6.07, 6.45) is 4.98. The molecule has 1 saturated heterocycles. The molecular weight excluding hydrogens is 250 g/mol. The van der Waals surface area contributed by atoms with Crippen molar-refractivity contribution < 1.29 is 14.7 Å². The molecule has 102 valence electrons. The van der Waals surface area contributed by atoms with Gasteiger partial charge in [0.25, 0.3) is 0 Å². The number of amides is 1. The van der Waals surface area contributed by atoms with Crippen LogP contribution in [0.2, 0.25) is 0 Å². The molecule has 0 spiro atoms. The predicted octanol–water partition coefficient (Wildman–Crippen LogP) is 1.89. The van der Waals surface area contributed by atoms with Crippen molar-refractivity contribution in [2.75, 3.05) is 11.5 Å². The molecule has 0 bridgehead atoms. The van der Waals surface area contributed by atoms with E-state index in [0.29, 0.717) is 18.3 Å². The topological polar surface area (TPSA) is 66.4 Å². The Morgan fingerprint density at radius 1 is 1.22 bits per heavy atom. The van der Waals surface area contributed by atoms with Crippen LogP contribution in [0.25, 0.3) is 0 Å². The van der Waals surface area contributed by atoms with Crippen LogP contribution in [-0.4, -0.2) is 34.5 Å². The SMILES string of the molecule is O=C(O)CC(NC(=O)CC1CCSCC1)C1CC1. The summed E-state index contributed by atoms with van der Waals surface area (Å²) in [5, 5.41) is 11.8. The van der Waals surface area contributed by atoms with Crippen LogP contribution in [0.5, 0.6) is 0 Å². The summed E-state index contributed by atoms with van der Waals surface area (Å²) < 4.78 is 0. The van der Waals surface area contributed by atoms with Gasteiger partial charge in [-0.1, -0.05) is 0 Å². The minimum Gasteiger partial charge on any atom is -0.481 e. The van der Waals surface area contributed by atoms with Crippen molar-refractivity contribution in [3.05, 3.63) is 0 Å². The molecule has 1 amide bonds. The molecule has 1 unspecified atom stereocenters. The number of carbonyl (C=O) groups is 2. The molecule has 0 radical (unpaired) electrons. The predicted molar refractivity (Wildman–Crippen MR) is 71.6 cm³/mol. The van der Waals surface area contributed by atoms with Gasteiger partial charge in [-0.3, -0.25) is 9.59 Å². The first-order chi connectivity index (χ1) is 8.65. The highest BCUT2D eigenvalue weighted by Crippen LogP contribution is 2.34. The summed E-state index contributed by atoms with van der Waals surface area (Å²) in [4.78, 5) is 22.7. The Bertz CT molecular complexity index is 311. The van der Waals surface area contributed by atoms with Crippen molar-refractivity contribution in [1.29, 1.82) is 0 Å². The van der Waals surface area contributed by atoms with Gasteiger partial charge in [-0.25, -0.2) is 0 Å². The van der Waals surface area contributed by atoms with E-state index in [1.807, 2.05) is 11.8 Å².